The molecule has 2 aromatic heterocycles. The number of carbonyl (C=O) groups is 1. The molecular formula is C24H24BrF2N3O3Si. The number of ether oxygens (including phenoxy) is 2. The number of carbonyl (C=O) groups excluding carboxylic acids is 1. The van der Waals surface area contributed by atoms with Crippen molar-refractivity contribution in [1.29, 1.82) is 0 Å². The molecule has 0 saturated heterocycles. The number of benzene rings is 2. The standard InChI is InChI=1S/C24H24BrF2N3O3Si/c1-32-24(31)14-8-9-15-16(12-14)20(19-17(26)6-5-7-18(19)27)28-22-21(15)29-30(23(22)25)13-33-10-11-34(2,3)4/h5-9,12H,10-11,13H2,1-4H3. The molecule has 0 fully saturated rings. The number of hydrogen-bond acceptors (Lipinski definition) is 5. The van der Waals surface area contributed by atoms with Crippen LogP contribution in [0.4, 0.5) is 8.78 Å². The van der Waals surface area contributed by atoms with Crippen molar-refractivity contribution in [2.75, 3.05) is 13.7 Å². The first-order valence-electron chi connectivity index (χ1n) is 10.7. The van der Waals surface area contributed by atoms with Gasteiger partial charge in [0.1, 0.15) is 34.0 Å². The maximum atomic E-state index is 14.8. The highest BCUT2D eigenvalue weighted by Gasteiger charge is 2.22. The lowest BCUT2D eigenvalue weighted by molar-refractivity contribution is 0.0601. The van der Waals surface area contributed by atoms with Gasteiger partial charge in [0.25, 0.3) is 0 Å². The normalized spacial score (nSPS) is 12.0. The third kappa shape index (κ3) is 4.75. The summed E-state index contributed by atoms with van der Waals surface area (Å²) in [6.45, 7) is 7.64. The van der Waals surface area contributed by atoms with Crippen LogP contribution in [0.15, 0.2) is 41.0 Å². The number of nitrogens with zero attached hydrogens (tertiary/aromatic N) is 3. The van der Waals surface area contributed by atoms with E-state index in [0.717, 1.165) is 6.04 Å². The van der Waals surface area contributed by atoms with Crippen LogP contribution in [-0.4, -0.2) is 42.5 Å². The first-order valence-corrected chi connectivity index (χ1v) is 15.2. The van der Waals surface area contributed by atoms with Crippen molar-refractivity contribution < 1.29 is 23.0 Å². The SMILES string of the molecule is COC(=O)c1ccc2c(c1)c(-c1c(F)cccc1F)nc1c(Br)n(COCC[Si](C)(C)C)nc12. The molecule has 4 aromatic rings. The van der Waals surface area contributed by atoms with Crippen molar-refractivity contribution in [3.8, 4) is 11.3 Å². The predicted molar refractivity (Wildman–Crippen MR) is 134 cm³/mol. The Morgan fingerprint density at radius 2 is 1.79 bits per heavy atom. The zero-order valence-corrected chi connectivity index (χ0v) is 21.9. The monoisotopic (exact) mass is 547 g/mol. The van der Waals surface area contributed by atoms with E-state index in [-0.39, 0.29) is 23.6 Å². The van der Waals surface area contributed by atoms with Gasteiger partial charge in [0.15, 0.2) is 0 Å². The van der Waals surface area contributed by atoms with E-state index in [2.05, 4.69) is 45.7 Å². The van der Waals surface area contributed by atoms with Gasteiger partial charge in [-0.2, -0.15) is 5.10 Å². The van der Waals surface area contributed by atoms with Gasteiger partial charge in [-0.05, 0) is 46.2 Å². The van der Waals surface area contributed by atoms with Crippen LogP contribution in [0.2, 0.25) is 25.7 Å². The molecule has 0 aliphatic rings. The van der Waals surface area contributed by atoms with Crippen LogP contribution in [0, 0.1) is 11.6 Å². The molecule has 0 unspecified atom stereocenters. The number of rotatable bonds is 7. The van der Waals surface area contributed by atoms with Crippen LogP contribution >= 0.6 is 15.9 Å². The lowest BCUT2D eigenvalue weighted by Crippen LogP contribution is -2.22. The highest BCUT2D eigenvalue weighted by atomic mass is 79.9. The molecule has 178 valence electrons. The molecule has 2 aromatic carbocycles. The molecule has 0 bridgehead atoms. The minimum atomic E-state index is -1.24. The first kappa shape index (κ1) is 24.4. The minimum Gasteiger partial charge on any atom is -0.465 e. The fourth-order valence-corrected chi connectivity index (χ4v) is 4.82. The van der Waals surface area contributed by atoms with E-state index < -0.39 is 25.7 Å². The molecule has 6 nitrogen and oxygen atoms in total. The Balaban J connectivity index is 1.90. The largest absolute Gasteiger partial charge is 0.465 e. The summed E-state index contributed by atoms with van der Waals surface area (Å²) in [5.74, 6) is -2.07. The number of halogens is 3. The van der Waals surface area contributed by atoms with Gasteiger partial charge >= 0.3 is 5.97 Å². The second kappa shape index (κ2) is 9.51. The van der Waals surface area contributed by atoms with E-state index in [1.807, 2.05) is 0 Å². The van der Waals surface area contributed by atoms with Gasteiger partial charge < -0.3 is 9.47 Å². The molecule has 0 N–H and O–H groups in total. The third-order valence-corrected chi connectivity index (χ3v) is 7.94. The molecule has 0 radical (unpaired) electrons. The van der Waals surface area contributed by atoms with Crippen molar-refractivity contribution in [2.24, 2.45) is 0 Å². The second-order valence-corrected chi connectivity index (χ2v) is 15.5. The fourth-order valence-electron chi connectivity index (χ4n) is 3.61. The molecule has 0 atom stereocenters. The van der Waals surface area contributed by atoms with Crippen LogP contribution in [-0.2, 0) is 16.2 Å². The zero-order chi connectivity index (χ0) is 24.6. The Morgan fingerprint density at radius 1 is 1.09 bits per heavy atom. The highest BCUT2D eigenvalue weighted by Crippen LogP contribution is 2.37. The number of aromatic nitrogens is 3. The smallest absolute Gasteiger partial charge is 0.337 e. The average Bonchev–Trinajstić information content (AvgIpc) is 3.10. The topological polar surface area (TPSA) is 66.2 Å². The molecule has 2 heterocycles. The third-order valence-electron chi connectivity index (χ3n) is 5.45. The van der Waals surface area contributed by atoms with Gasteiger partial charge in [-0.1, -0.05) is 31.8 Å². The Labute approximate surface area is 205 Å². The van der Waals surface area contributed by atoms with Crippen LogP contribution in [0.25, 0.3) is 33.1 Å². The zero-order valence-electron chi connectivity index (χ0n) is 19.3. The number of pyridine rings is 1. The van der Waals surface area contributed by atoms with E-state index in [9.17, 15) is 13.6 Å². The van der Waals surface area contributed by atoms with Crippen molar-refractivity contribution in [1.82, 2.24) is 14.8 Å². The fraction of sp³-hybridized carbons (Fsp3) is 0.292. The summed E-state index contributed by atoms with van der Waals surface area (Å²) in [4.78, 5) is 16.7. The number of hydrogen-bond donors (Lipinski definition) is 0. The summed E-state index contributed by atoms with van der Waals surface area (Å²) in [7, 11) is 0.0319. The molecule has 0 aliphatic carbocycles. The van der Waals surface area contributed by atoms with Gasteiger partial charge in [-0.3, -0.25) is 0 Å². The van der Waals surface area contributed by atoms with Gasteiger partial charge in [0.2, 0.25) is 0 Å². The van der Waals surface area contributed by atoms with Crippen LogP contribution < -0.4 is 0 Å². The molecule has 4 rings (SSSR count). The van der Waals surface area contributed by atoms with Crippen molar-refractivity contribution in [3.05, 3.63) is 58.2 Å². The molecule has 0 amide bonds. The molecule has 10 heteroatoms. The van der Waals surface area contributed by atoms with Gasteiger partial charge in [0, 0.05) is 25.5 Å². The number of esters is 1. The van der Waals surface area contributed by atoms with E-state index in [1.54, 1.807) is 16.8 Å². The summed E-state index contributed by atoms with van der Waals surface area (Å²) >= 11 is 3.53. The van der Waals surface area contributed by atoms with Gasteiger partial charge in [-0.15, -0.1) is 0 Å². The summed E-state index contributed by atoms with van der Waals surface area (Å²) in [6, 6.07) is 9.44. The Kier molecular flexibility index (Phi) is 6.84. The van der Waals surface area contributed by atoms with Gasteiger partial charge in [-0.25, -0.2) is 23.2 Å². The first-order chi connectivity index (χ1) is 16.1. The Morgan fingerprint density at radius 3 is 2.44 bits per heavy atom. The molecule has 0 spiro atoms. The van der Waals surface area contributed by atoms with Crippen molar-refractivity contribution in [2.45, 2.75) is 32.4 Å². The van der Waals surface area contributed by atoms with E-state index in [1.165, 1.54) is 31.4 Å². The number of fused-ring (bicyclic) bond motifs is 3. The van der Waals surface area contributed by atoms with Gasteiger partial charge in [0.05, 0.1) is 23.9 Å². The van der Waals surface area contributed by atoms with Crippen LogP contribution in [0.1, 0.15) is 10.4 Å². The second-order valence-electron chi connectivity index (χ2n) is 9.14. The van der Waals surface area contributed by atoms with E-state index in [0.29, 0.717) is 33.0 Å². The van der Waals surface area contributed by atoms with Crippen molar-refractivity contribution >= 4 is 51.8 Å². The van der Waals surface area contributed by atoms with E-state index in [4.69, 9.17) is 9.47 Å². The van der Waals surface area contributed by atoms with Crippen molar-refractivity contribution in [3.63, 3.8) is 0 Å². The maximum Gasteiger partial charge on any atom is 0.337 e. The highest BCUT2D eigenvalue weighted by molar-refractivity contribution is 9.10. The Hall–Kier alpha value is -2.69. The lowest BCUT2D eigenvalue weighted by Gasteiger charge is -2.15. The summed E-state index contributed by atoms with van der Waals surface area (Å²) < 4.78 is 42.4. The number of methoxy groups -OCH3 is 1. The quantitative estimate of drug-likeness (QED) is 0.152. The van der Waals surface area contributed by atoms with Crippen LogP contribution in [0.3, 0.4) is 0 Å². The molecular weight excluding hydrogens is 524 g/mol. The maximum absolute atomic E-state index is 14.8. The predicted octanol–water partition coefficient (Wildman–Crippen LogP) is 6.39. The van der Waals surface area contributed by atoms with E-state index >= 15 is 0 Å². The molecule has 0 aliphatic heterocycles. The average molecular weight is 548 g/mol. The Bertz CT molecular complexity index is 1380. The summed E-state index contributed by atoms with van der Waals surface area (Å²) in [5, 5.41) is 5.62. The van der Waals surface area contributed by atoms with Crippen LogP contribution in [0.5, 0.6) is 0 Å². The summed E-state index contributed by atoms with van der Waals surface area (Å²) in [5.41, 5.74) is 0.992. The molecule has 34 heavy (non-hydrogen) atoms. The summed E-state index contributed by atoms with van der Waals surface area (Å²) in [6.07, 6.45) is 0. The minimum absolute atomic E-state index is 0.0729. The molecule has 0 saturated carbocycles. The lowest BCUT2D eigenvalue weighted by atomic mass is 10.00.